The molecule has 0 aromatic heterocycles. The lowest BCUT2D eigenvalue weighted by molar-refractivity contribution is 0.102. The lowest BCUT2D eigenvalue weighted by atomic mass is 10.0. The molecule has 0 spiro atoms. The molecule has 0 saturated heterocycles. The Hall–Kier alpha value is -0.540. The highest BCUT2D eigenvalue weighted by Crippen LogP contribution is 2.31. The summed E-state index contributed by atoms with van der Waals surface area (Å²) in [6.45, 7) is 0. The normalized spacial score (nSPS) is 15.7. The van der Waals surface area contributed by atoms with E-state index in [-0.39, 0.29) is 5.78 Å². The Kier molecular flexibility index (Phi) is 2.30. The molecule has 1 aliphatic rings. The van der Waals surface area contributed by atoms with Gasteiger partial charge in [-0.1, -0.05) is 11.6 Å². The van der Waals surface area contributed by atoms with Crippen molar-refractivity contribution in [2.24, 2.45) is 0 Å². The summed E-state index contributed by atoms with van der Waals surface area (Å²) in [6, 6.07) is 2.52. The van der Waals surface area contributed by atoms with Crippen LogP contribution in [0.1, 0.15) is 15.9 Å². The molecule has 0 amide bonds. The molecule has 0 atom stereocenters. The second-order valence-electron chi connectivity index (χ2n) is 2.83. The van der Waals surface area contributed by atoms with Crippen LogP contribution in [0.4, 0.5) is 4.39 Å². The number of Topliss-reactive ketones (excluding diaryl/α,β-unsaturated/α-hetero) is 1. The van der Waals surface area contributed by atoms with Crippen molar-refractivity contribution >= 4 is 29.1 Å². The second-order valence-corrected chi connectivity index (χ2v) is 4.22. The summed E-state index contributed by atoms with van der Waals surface area (Å²) >= 11 is 7.32. The van der Waals surface area contributed by atoms with Crippen LogP contribution in [0.2, 0.25) is 5.02 Å². The lowest BCUT2D eigenvalue weighted by Gasteiger charge is -2.15. The third-order valence-electron chi connectivity index (χ3n) is 1.94. The van der Waals surface area contributed by atoms with Crippen molar-refractivity contribution in [2.75, 3.05) is 5.75 Å². The molecule has 0 fully saturated rings. The average Bonchev–Trinajstić information content (AvgIpc) is 2.07. The smallest absolute Gasteiger partial charge is 0.173 e. The zero-order valence-corrected chi connectivity index (χ0v) is 8.21. The minimum atomic E-state index is -0.441. The molecule has 0 unspecified atom stereocenters. The highest BCUT2D eigenvalue weighted by molar-refractivity contribution is 7.99. The first kappa shape index (κ1) is 9.03. The predicted octanol–water partition coefficient (Wildman–Crippen LogP) is 2.91. The molecule has 0 saturated carbocycles. The maximum atomic E-state index is 12.9. The van der Waals surface area contributed by atoms with Gasteiger partial charge in [-0.15, -0.1) is 11.8 Å². The lowest BCUT2D eigenvalue weighted by Crippen LogP contribution is -2.12. The molecule has 4 heteroatoms. The molecule has 0 aliphatic carbocycles. The Morgan fingerprint density at radius 3 is 2.92 bits per heavy atom. The summed E-state index contributed by atoms with van der Waals surface area (Å²) in [6.07, 6.45) is 0. The van der Waals surface area contributed by atoms with Crippen molar-refractivity contribution in [3.8, 4) is 0 Å². The molecule has 2 rings (SSSR count). The molecule has 0 N–H and O–H groups in total. The van der Waals surface area contributed by atoms with E-state index in [1.165, 1.54) is 23.9 Å². The Bertz CT molecular complexity index is 378. The number of hydrogen-bond donors (Lipinski definition) is 0. The van der Waals surface area contributed by atoms with Crippen LogP contribution in [0.3, 0.4) is 0 Å². The molecular formula is C9H6ClFOS. The van der Waals surface area contributed by atoms with E-state index in [9.17, 15) is 9.18 Å². The number of benzene rings is 1. The summed E-state index contributed by atoms with van der Waals surface area (Å²) in [5.74, 6) is 0.643. The third kappa shape index (κ3) is 1.58. The number of rotatable bonds is 0. The first-order valence-corrected chi connectivity index (χ1v) is 5.30. The van der Waals surface area contributed by atoms with E-state index in [0.717, 1.165) is 5.56 Å². The first-order chi connectivity index (χ1) is 6.18. The molecular weight excluding hydrogens is 211 g/mol. The van der Waals surface area contributed by atoms with E-state index >= 15 is 0 Å². The van der Waals surface area contributed by atoms with Crippen LogP contribution in [0.15, 0.2) is 12.1 Å². The SMILES string of the molecule is O=C1CSCc2c(Cl)cc(F)cc21. The Morgan fingerprint density at radius 2 is 2.15 bits per heavy atom. The molecule has 1 aromatic carbocycles. The Balaban J connectivity index is 2.63. The van der Waals surface area contributed by atoms with Crippen LogP contribution >= 0.6 is 23.4 Å². The van der Waals surface area contributed by atoms with Crippen LogP contribution < -0.4 is 0 Å². The van der Waals surface area contributed by atoms with E-state index in [4.69, 9.17) is 11.6 Å². The number of carbonyl (C=O) groups excluding carboxylic acids is 1. The quantitative estimate of drug-likeness (QED) is 0.663. The van der Waals surface area contributed by atoms with Crippen molar-refractivity contribution in [1.29, 1.82) is 0 Å². The summed E-state index contributed by atoms with van der Waals surface area (Å²) in [7, 11) is 0. The van der Waals surface area contributed by atoms with Gasteiger partial charge in [0.1, 0.15) is 5.82 Å². The maximum absolute atomic E-state index is 12.9. The summed E-state index contributed by atoms with van der Waals surface area (Å²) in [4.78, 5) is 11.3. The summed E-state index contributed by atoms with van der Waals surface area (Å²) in [5, 5.41) is 0.357. The minimum Gasteiger partial charge on any atom is -0.293 e. The van der Waals surface area contributed by atoms with Crippen LogP contribution in [0.25, 0.3) is 0 Å². The van der Waals surface area contributed by atoms with Gasteiger partial charge < -0.3 is 0 Å². The molecule has 1 aromatic rings. The molecule has 1 aliphatic heterocycles. The fourth-order valence-corrected chi connectivity index (χ4v) is 2.63. The van der Waals surface area contributed by atoms with Gasteiger partial charge in [-0.3, -0.25) is 4.79 Å². The number of carbonyl (C=O) groups is 1. The van der Waals surface area contributed by atoms with Crippen molar-refractivity contribution in [3.05, 3.63) is 34.1 Å². The van der Waals surface area contributed by atoms with E-state index in [1.807, 2.05) is 0 Å². The number of fused-ring (bicyclic) bond motifs is 1. The van der Waals surface area contributed by atoms with Crippen molar-refractivity contribution in [3.63, 3.8) is 0 Å². The second kappa shape index (κ2) is 3.31. The van der Waals surface area contributed by atoms with E-state index < -0.39 is 5.82 Å². The minimum absolute atomic E-state index is 0.0346. The summed E-state index contributed by atoms with van der Waals surface area (Å²) < 4.78 is 12.9. The largest absolute Gasteiger partial charge is 0.293 e. The van der Waals surface area contributed by atoms with Gasteiger partial charge in [-0.25, -0.2) is 4.39 Å². The maximum Gasteiger partial charge on any atom is 0.173 e. The van der Waals surface area contributed by atoms with Gasteiger partial charge in [0, 0.05) is 16.3 Å². The Morgan fingerprint density at radius 1 is 1.38 bits per heavy atom. The van der Waals surface area contributed by atoms with Crippen LogP contribution in [-0.2, 0) is 5.75 Å². The zero-order valence-electron chi connectivity index (χ0n) is 6.64. The molecule has 1 heterocycles. The summed E-state index contributed by atoms with van der Waals surface area (Å²) in [5.41, 5.74) is 1.22. The number of thioether (sulfide) groups is 1. The first-order valence-electron chi connectivity index (χ1n) is 3.77. The molecule has 13 heavy (non-hydrogen) atoms. The topological polar surface area (TPSA) is 17.1 Å². The zero-order chi connectivity index (χ0) is 9.42. The van der Waals surface area contributed by atoms with Gasteiger partial charge in [0.05, 0.1) is 5.75 Å². The van der Waals surface area contributed by atoms with Gasteiger partial charge in [0.25, 0.3) is 0 Å². The van der Waals surface area contributed by atoms with E-state index in [2.05, 4.69) is 0 Å². The average molecular weight is 217 g/mol. The Labute approximate surface area is 84.3 Å². The van der Waals surface area contributed by atoms with Crippen molar-refractivity contribution < 1.29 is 9.18 Å². The predicted molar refractivity (Wildman–Crippen MR) is 51.9 cm³/mol. The highest BCUT2D eigenvalue weighted by atomic mass is 35.5. The third-order valence-corrected chi connectivity index (χ3v) is 3.24. The molecule has 0 radical (unpaired) electrons. The monoisotopic (exact) mass is 216 g/mol. The molecule has 0 bridgehead atoms. The van der Waals surface area contributed by atoms with Gasteiger partial charge in [0.15, 0.2) is 5.78 Å². The fraction of sp³-hybridized carbons (Fsp3) is 0.222. The number of ketones is 1. The fourth-order valence-electron chi connectivity index (χ4n) is 1.32. The van der Waals surface area contributed by atoms with Crippen molar-refractivity contribution in [2.45, 2.75) is 5.75 Å². The van der Waals surface area contributed by atoms with Crippen LogP contribution in [0.5, 0.6) is 0 Å². The van der Waals surface area contributed by atoms with E-state index in [0.29, 0.717) is 22.1 Å². The number of halogens is 2. The van der Waals surface area contributed by atoms with Gasteiger partial charge in [-0.05, 0) is 17.7 Å². The van der Waals surface area contributed by atoms with Gasteiger partial charge >= 0.3 is 0 Å². The van der Waals surface area contributed by atoms with Crippen LogP contribution in [-0.4, -0.2) is 11.5 Å². The molecule has 1 nitrogen and oxygen atoms in total. The standard InChI is InChI=1S/C9H6ClFOS/c10-8-2-5(11)1-6-7(8)3-13-4-9(6)12/h1-2H,3-4H2. The van der Waals surface area contributed by atoms with Crippen LogP contribution in [0, 0.1) is 5.82 Å². The van der Waals surface area contributed by atoms with Gasteiger partial charge in [0.2, 0.25) is 0 Å². The highest BCUT2D eigenvalue weighted by Gasteiger charge is 2.20. The van der Waals surface area contributed by atoms with E-state index in [1.54, 1.807) is 0 Å². The number of hydrogen-bond acceptors (Lipinski definition) is 2. The molecule has 68 valence electrons. The van der Waals surface area contributed by atoms with Crippen molar-refractivity contribution in [1.82, 2.24) is 0 Å². The van der Waals surface area contributed by atoms with Gasteiger partial charge in [-0.2, -0.15) is 0 Å².